The van der Waals surface area contributed by atoms with Crippen molar-refractivity contribution in [2.75, 3.05) is 11.1 Å². The Hall–Kier alpha value is -2.27. The maximum Gasteiger partial charge on any atom is 0.128 e. The third-order valence-corrected chi connectivity index (χ3v) is 2.86. The predicted octanol–water partition coefficient (Wildman–Crippen LogP) is 4.19. The van der Waals surface area contributed by atoms with E-state index in [9.17, 15) is 8.78 Å². The average molecular weight is 296 g/mol. The summed E-state index contributed by atoms with van der Waals surface area (Å²) in [6.07, 6.45) is 1.70. The summed E-state index contributed by atoms with van der Waals surface area (Å²) in [5.41, 5.74) is 8.41. The molecule has 20 heavy (non-hydrogen) atoms. The van der Waals surface area contributed by atoms with Crippen molar-refractivity contribution in [1.82, 2.24) is 4.98 Å². The molecule has 0 radical (unpaired) electrons. The largest absolute Gasteiger partial charge is 0.397 e. The summed E-state index contributed by atoms with van der Waals surface area (Å²) in [4.78, 5) is 3.02. The fourth-order valence-corrected chi connectivity index (χ4v) is 2.01. The van der Waals surface area contributed by atoms with Crippen LogP contribution in [0.2, 0.25) is 0 Å². The van der Waals surface area contributed by atoms with Crippen LogP contribution in [0.5, 0.6) is 0 Å². The van der Waals surface area contributed by atoms with Crippen LogP contribution in [0, 0.1) is 11.6 Å². The van der Waals surface area contributed by atoms with Crippen LogP contribution in [0.3, 0.4) is 0 Å². The van der Waals surface area contributed by atoms with Gasteiger partial charge in [-0.2, -0.15) is 0 Å². The molecule has 1 heterocycles. The van der Waals surface area contributed by atoms with Gasteiger partial charge in [0.1, 0.15) is 11.6 Å². The molecule has 0 spiro atoms. The number of benzene rings is 2. The van der Waals surface area contributed by atoms with Crippen molar-refractivity contribution in [3.05, 3.63) is 54.2 Å². The summed E-state index contributed by atoms with van der Waals surface area (Å²) in [7, 11) is 0. The van der Waals surface area contributed by atoms with Gasteiger partial charge in [-0.05, 0) is 30.3 Å². The molecule has 0 fully saturated rings. The molecule has 0 aliphatic carbocycles. The number of fused-ring (bicyclic) bond motifs is 1. The van der Waals surface area contributed by atoms with E-state index in [-0.39, 0.29) is 12.4 Å². The lowest BCUT2D eigenvalue weighted by Crippen LogP contribution is -1.92. The molecule has 1 aromatic heterocycles. The van der Waals surface area contributed by atoms with E-state index in [4.69, 9.17) is 5.73 Å². The smallest absolute Gasteiger partial charge is 0.128 e. The molecular weight excluding hydrogens is 284 g/mol. The number of anilines is 3. The van der Waals surface area contributed by atoms with E-state index in [0.29, 0.717) is 17.1 Å². The molecule has 0 atom stereocenters. The fraction of sp³-hybridized carbons (Fsp3) is 0. The van der Waals surface area contributed by atoms with Crippen LogP contribution < -0.4 is 11.1 Å². The lowest BCUT2D eigenvalue weighted by molar-refractivity contribution is 0.584. The third kappa shape index (κ3) is 2.67. The fourth-order valence-electron chi connectivity index (χ4n) is 2.01. The average Bonchev–Trinajstić information content (AvgIpc) is 2.70. The van der Waals surface area contributed by atoms with Crippen molar-refractivity contribution < 1.29 is 8.78 Å². The Bertz CT molecular complexity index is 735. The molecule has 0 amide bonds. The number of nitrogens with one attached hydrogen (secondary N) is 2. The highest BCUT2D eigenvalue weighted by molar-refractivity contribution is 5.93. The maximum absolute atomic E-state index is 13.1. The Kier molecular flexibility index (Phi) is 3.81. The van der Waals surface area contributed by atoms with Crippen LogP contribution in [0.25, 0.3) is 10.9 Å². The minimum Gasteiger partial charge on any atom is -0.397 e. The maximum atomic E-state index is 13.1. The first-order valence-electron chi connectivity index (χ1n) is 5.71. The van der Waals surface area contributed by atoms with Crippen LogP contribution in [0.15, 0.2) is 42.6 Å². The number of hydrogen-bond acceptors (Lipinski definition) is 2. The first-order chi connectivity index (χ1) is 9.11. The van der Waals surface area contributed by atoms with Gasteiger partial charge >= 0.3 is 0 Å². The molecule has 0 unspecified atom stereocenters. The van der Waals surface area contributed by atoms with Gasteiger partial charge in [0.25, 0.3) is 0 Å². The van der Waals surface area contributed by atoms with Crippen LogP contribution in [0.4, 0.5) is 25.8 Å². The van der Waals surface area contributed by atoms with Crippen LogP contribution in [0.1, 0.15) is 0 Å². The molecule has 2 aromatic carbocycles. The Labute approximate surface area is 120 Å². The first kappa shape index (κ1) is 14.1. The molecule has 3 rings (SSSR count). The molecule has 4 N–H and O–H groups in total. The second-order valence-corrected chi connectivity index (χ2v) is 4.29. The number of aromatic nitrogens is 1. The second kappa shape index (κ2) is 5.38. The van der Waals surface area contributed by atoms with Crippen molar-refractivity contribution in [3.63, 3.8) is 0 Å². The normalized spacial score (nSPS) is 10.3. The van der Waals surface area contributed by atoms with E-state index in [1.807, 2.05) is 12.1 Å². The minimum atomic E-state index is -0.621. The molecule has 3 nitrogen and oxygen atoms in total. The molecule has 104 valence electrons. The lowest BCUT2D eigenvalue weighted by atomic mass is 10.2. The van der Waals surface area contributed by atoms with E-state index in [1.54, 1.807) is 12.3 Å². The van der Waals surface area contributed by atoms with Gasteiger partial charge in [0.15, 0.2) is 0 Å². The molecule has 0 aliphatic rings. The number of rotatable bonds is 2. The molecule has 0 saturated heterocycles. The Morgan fingerprint density at radius 1 is 0.950 bits per heavy atom. The highest BCUT2D eigenvalue weighted by atomic mass is 35.5. The number of H-pyrrole nitrogens is 1. The first-order valence-corrected chi connectivity index (χ1v) is 5.71. The number of aromatic amines is 1. The van der Waals surface area contributed by atoms with Crippen LogP contribution in [-0.2, 0) is 0 Å². The monoisotopic (exact) mass is 295 g/mol. The van der Waals surface area contributed by atoms with Gasteiger partial charge in [-0.3, -0.25) is 0 Å². The Balaban J connectivity index is 0.00000147. The van der Waals surface area contributed by atoms with E-state index < -0.39 is 11.6 Å². The lowest BCUT2D eigenvalue weighted by Gasteiger charge is -2.07. The zero-order chi connectivity index (χ0) is 13.4. The standard InChI is InChI=1S/C14H11F2N3.ClH/c15-8-3-9(16)5-11(4-8)19-10-1-2-14-12(6-10)13(17)7-18-14;/h1-7,18-19H,17H2;1H. The quantitative estimate of drug-likeness (QED) is 0.664. The molecule has 0 bridgehead atoms. The highest BCUT2D eigenvalue weighted by Gasteiger charge is 2.04. The van der Waals surface area contributed by atoms with E-state index >= 15 is 0 Å². The van der Waals surface area contributed by atoms with Gasteiger partial charge in [0.05, 0.1) is 5.69 Å². The summed E-state index contributed by atoms with van der Waals surface area (Å²) < 4.78 is 26.2. The topological polar surface area (TPSA) is 53.8 Å². The van der Waals surface area contributed by atoms with E-state index in [2.05, 4.69) is 10.3 Å². The number of nitrogen functional groups attached to an aromatic ring is 1. The van der Waals surface area contributed by atoms with E-state index in [0.717, 1.165) is 17.0 Å². The van der Waals surface area contributed by atoms with Crippen LogP contribution in [-0.4, -0.2) is 4.98 Å². The number of halogens is 3. The Morgan fingerprint density at radius 2 is 1.65 bits per heavy atom. The third-order valence-electron chi connectivity index (χ3n) is 2.86. The summed E-state index contributed by atoms with van der Waals surface area (Å²) >= 11 is 0. The van der Waals surface area contributed by atoms with Gasteiger partial charge in [0, 0.05) is 34.5 Å². The summed E-state index contributed by atoms with van der Waals surface area (Å²) in [6.45, 7) is 0. The van der Waals surface area contributed by atoms with Gasteiger partial charge in [-0.15, -0.1) is 12.4 Å². The second-order valence-electron chi connectivity index (χ2n) is 4.29. The van der Waals surface area contributed by atoms with Gasteiger partial charge in [-0.25, -0.2) is 8.78 Å². The summed E-state index contributed by atoms with van der Waals surface area (Å²) in [5, 5.41) is 3.81. The minimum absolute atomic E-state index is 0. The van der Waals surface area contributed by atoms with Crippen molar-refractivity contribution in [2.24, 2.45) is 0 Å². The van der Waals surface area contributed by atoms with Gasteiger partial charge in [0.2, 0.25) is 0 Å². The number of nitrogens with two attached hydrogens (primary N) is 1. The molecule has 0 aliphatic heterocycles. The SMILES string of the molecule is Cl.Nc1c[nH]c2ccc(Nc3cc(F)cc(F)c3)cc12. The van der Waals surface area contributed by atoms with Gasteiger partial charge < -0.3 is 16.0 Å². The molecule has 3 aromatic rings. The predicted molar refractivity (Wildman–Crippen MR) is 79.6 cm³/mol. The summed E-state index contributed by atoms with van der Waals surface area (Å²) in [6, 6.07) is 8.77. The molecule has 0 saturated carbocycles. The zero-order valence-electron chi connectivity index (χ0n) is 10.3. The van der Waals surface area contributed by atoms with Crippen molar-refractivity contribution in [3.8, 4) is 0 Å². The van der Waals surface area contributed by atoms with Crippen molar-refractivity contribution >= 4 is 40.4 Å². The van der Waals surface area contributed by atoms with Crippen molar-refractivity contribution in [1.29, 1.82) is 0 Å². The number of hydrogen-bond donors (Lipinski definition) is 3. The highest BCUT2D eigenvalue weighted by Crippen LogP contribution is 2.26. The van der Waals surface area contributed by atoms with E-state index in [1.165, 1.54) is 12.1 Å². The van der Waals surface area contributed by atoms with Crippen LogP contribution >= 0.6 is 12.4 Å². The zero-order valence-corrected chi connectivity index (χ0v) is 11.1. The molecular formula is C14H12ClF2N3. The summed E-state index contributed by atoms with van der Waals surface area (Å²) in [5.74, 6) is -1.24. The Morgan fingerprint density at radius 3 is 2.35 bits per heavy atom. The van der Waals surface area contributed by atoms with Crippen molar-refractivity contribution in [2.45, 2.75) is 0 Å². The molecule has 6 heteroatoms. The van der Waals surface area contributed by atoms with Gasteiger partial charge in [-0.1, -0.05) is 0 Å².